The second-order valence-corrected chi connectivity index (χ2v) is 8.37. The summed E-state index contributed by atoms with van der Waals surface area (Å²) < 4.78 is 1.89. The molecular formula is C22H27ClN4O. The molecule has 2 atom stereocenters. The summed E-state index contributed by atoms with van der Waals surface area (Å²) in [7, 11) is 6.03. The number of nitrogens with zero attached hydrogens (tertiary/aromatic N) is 4. The summed E-state index contributed by atoms with van der Waals surface area (Å²) in [4.78, 5) is 4.50. The fraction of sp³-hybridized carbons (Fsp3) is 0.409. The SMILES string of the molecule is CN(C)[C@@H]1CN(Cc2nn(C)c3cccc(Cl)c23)CC[C@]1(O)c1ccccc1. The first kappa shape index (κ1) is 19.4. The Balaban J connectivity index is 1.61. The highest BCUT2D eigenvalue weighted by Gasteiger charge is 2.44. The van der Waals surface area contributed by atoms with Crippen LogP contribution in [-0.2, 0) is 19.2 Å². The van der Waals surface area contributed by atoms with Gasteiger partial charge < -0.3 is 10.0 Å². The van der Waals surface area contributed by atoms with Crippen molar-refractivity contribution < 1.29 is 5.11 Å². The number of likely N-dealkylation sites (N-methyl/N-ethyl adjacent to an activating group) is 1. The van der Waals surface area contributed by atoms with Gasteiger partial charge in [0.25, 0.3) is 0 Å². The maximum absolute atomic E-state index is 11.6. The monoisotopic (exact) mass is 398 g/mol. The van der Waals surface area contributed by atoms with Crippen molar-refractivity contribution in [2.45, 2.75) is 24.6 Å². The third-order valence-corrected chi connectivity index (χ3v) is 6.28. The normalized spacial score (nSPS) is 23.6. The largest absolute Gasteiger partial charge is 0.383 e. The van der Waals surface area contributed by atoms with Crippen molar-refractivity contribution in [3.05, 3.63) is 64.8 Å². The molecule has 1 fully saturated rings. The smallest absolute Gasteiger partial charge is 0.107 e. The number of likely N-dealkylation sites (tertiary alicyclic amines) is 1. The van der Waals surface area contributed by atoms with Crippen LogP contribution in [0.4, 0.5) is 0 Å². The highest BCUT2D eigenvalue weighted by atomic mass is 35.5. The van der Waals surface area contributed by atoms with E-state index >= 15 is 0 Å². The van der Waals surface area contributed by atoms with Crippen molar-refractivity contribution in [1.29, 1.82) is 0 Å². The summed E-state index contributed by atoms with van der Waals surface area (Å²) in [5.41, 5.74) is 2.17. The third kappa shape index (κ3) is 3.33. The summed E-state index contributed by atoms with van der Waals surface area (Å²) in [6, 6.07) is 15.9. The molecule has 2 heterocycles. The van der Waals surface area contributed by atoms with Crippen LogP contribution in [0.25, 0.3) is 10.9 Å². The molecule has 3 aromatic rings. The van der Waals surface area contributed by atoms with Gasteiger partial charge in [0.15, 0.2) is 0 Å². The maximum Gasteiger partial charge on any atom is 0.107 e. The second-order valence-electron chi connectivity index (χ2n) is 7.96. The van der Waals surface area contributed by atoms with Crippen LogP contribution in [0.15, 0.2) is 48.5 Å². The van der Waals surface area contributed by atoms with Gasteiger partial charge in [-0.3, -0.25) is 9.58 Å². The lowest BCUT2D eigenvalue weighted by molar-refractivity contribution is -0.0894. The average Bonchev–Trinajstić information content (AvgIpc) is 3.00. The lowest BCUT2D eigenvalue weighted by Gasteiger charge is -2.47. The van der Waals surface area contributed by atoms with E-state index in [1.807, 2.05) is 74.4 Å². The molecule has 1 aliphatic rings. The molecule has 0 spiro atoms. The number of benzene rings is 2. The van der Waals surface area contributed by atoms with Crippen LogP contribution in [0.3, 0.4) is 0 Å². The molecule has 1 aromatic heterocycles. The van der Waals surface area contributed by atoms with E-state index in [4.69, 9.17) is 16.7 Å². The molecule has 6 heteroatoms. The van der Waals surface area contributed by atoms with Gasteiger partial charge in [0.1, 0.15) is 5.60 Å². The first-order chi connectivity index (χ1) is 13.4. The molecule has 148 valence electrons. The van der Waals surface area contributed by atoms with Gasteiger partial charge >= 0.3 is 0 Å². The Kier molecular flexibility index (Phi) is 5.19. The van der Waals surface area contributed by atoms with Crippen molar-refractivity contribution in [3.8, 4) is 0 Å². The minimum absolute atomic E-state index is 0.00546. The van der Waals surface area contributed by atoms with Crippen LogP contribution in [-0.4, -0.2) is 57.9 Å². The summed E-state index contributed by atoms with van der Waals surface area (Å²) in [5, 5.41) is 18.1. The Labute approximate surface area is 171 Å². The summed E-state index contributed by atoms with van der Waals surface area (Å²) in [5.74, 6) is 0. The van der Waals surface area contributed by atoms with Crippen LogP contribution in [0, 0.1) is 0 Å². The molecule has 2 aromatic carbocycles. The number of hydrogen-bond acceptors (Lipinski definition) is 4. The van der Waals surface area contributed by atoms with E-state index in [2.05, 4.69) is 9.80 Å². The minimum Gasteiger partial charge on any atom is -0.383 e. The van der Waals surface area contributed by atoms with E-state index < -0.39 is 5.60 Å². The number of fused-ring (bicyclic) bond motifs is 1. The van der Waals surface area contributed by atoms with Gasteiger partial charge in [-0.05, 0) is 38.2 Å². The van der Waals surface area contributed by atoms with Crippen LogP contribution >= 0.6 is 11.6 Å². The van der Waals surface area contributed by atoms with E-state index in [1.54, 1.807) is 0 Å². The molecule has 1 N–H and O–H groups in total. The van der Waals surface area contributed by atoms with Crippen molar-refractivity contribution in [2.24, 2.45) is 7.05 Å². The number of aliphatic hydroxyl groups is 1. The Bertz CT molecular complexity index is 971. The predicted octanol–water partition coefficient (Wildman–Crippen LogP) is 3.25. The van der Waals surface area contributed by atoms with Gasteiger partial charge in [-0.25, -0.2) is 0 Å². The first-order valence-electron chi connectivity index (χ1n) is 9.67. The number of piperidine rings is 1. The minimum atomic E-state index is -0.856. The third-order valence-electron chi connectivity index (χ3n) is 5.96. The lowest BCUT2D eigenvalue weighted by Crippen LogP contribution is -2.58. The second kappa shape index (κ2) is 7.48. The Morgan fingerprint density at radius 1 is 1.18 bits per heavy atom. The van der Waals surface area contributed by atoms with Gasteiger partial charge in [0, 0.05) is 32.1 Å². The van der Waals surface area contributed by atoms with Crippen molar-refractivity contribution in [1.82, 2.24) is 19.6 Å². The Hall–Kier alpha value is -1.92. The van der Waals surface area contributed by atoms with Crippen molar-refractivity contribution in [3.63, 3.8) is 0 Å². The quantitative estimate of drug-likeness (QED) is 0.732. The highest BCUT2D eigenvalue weighted by molar-refractivity contribution is 6.35. The molecule has 0 unspecified atom stereocenters. The van der Waals surface area contributed by atoms with E-state index in [0.29, 0.717) is 6.42 Å². The van der Waals surface area contributed by atoms with E-state index in [1.165, 1.54) is 0 Å². The average molecular weight is 399 g/mol. The first-order valence-corrected chi connectivity index (χ1v) is 10.0. The molecule has 0 aliphatic carbocycles. The number of halogens is 1. The molecule has 5 nitrogen and oxygen atoms in total. The van der Waals surface area contributed by atoms with Crippen molar-refractivity contribution in [2.75, 3.05) is 27.2 Å². The van der Waals surface area contributed by atoms with E-state index in [9.17, 15) is 5.11 Å². The summed E-state index contributed by atoms with van der Waals surface area (Å²) in [6.45, 7) is 2.29. The Morgan fingerprint density at radius 3 is 2.64 bits per heavy atom. The molecule has 0 amide bonds. The van der Waals surface area contributed by atoms with E-state index in [0.717, 1.165) is 46.8 Å². The zero-order valence-electron chi connectivity index (χ0n) is 16.6. The molecule has 4 rings (SSSR count). The predicted molar refractivity (Wildman–Crippen MR) is 113 cm³/mol. The van der Waals surface area contributed by atoms with Gasteiger partial charge in [0.2, 0.25) is 0 Å². The number of hydrogen-bond donors (Lipinski definition) is 1. The highest BCUT2D eigenvalue weighted by Crippen LogP contribution is 2.36. The van der Waals surface area contributed by atoms with Crippen LogP contribution in [0.5, 0.6) is 0 Å². The van der Waals surface area contributed by atoms with Gasteiger partial charge in [-0.15, -0.1) is 0 Å². The molecule has 0 radical (unpaired) electrons. The zero-order valence-corrected chi connectivity index (χ0v) is 17.4. The molecule has 28 heavy (non-hydrogen) atoms. The molecule has 1 aliphatic heterocycles. The number of aryl methyl sites for hydroxylation is 1. The van der Waals surface area contributed by atoms with Gasteiger partial charge in [0.05, 0.1) is 22.3 Å². The summed E-state index contributed by atoms with van der Waals surface area (Å²) in [6.07, 6.45) is 0.679. The zero-order chi connectivity index (χ0) is 19.9. The van der Waals surface area contributed by atoms with Crippen LogP contribution in [0.1, 0.15) is 17.7 Å². The topological polar surface area (TPSA) is 44.5 Å². The van der Waals surface area contributed by atoms with Crippen LogP contribution < -0.4 is 0 Å². The number of rotatable bonds is 4. The standard InChI is InChI=1S/C22H27ClN4O/c1-25(2)20-15-27(13-12-22(20,28)16-8-5-4-6-9-16)14-18-21-17(23)10-7-11-19(21)26(3)24-18/h4-11,20,28H,12-15H2,1-3H3/t20-,22+/m1/s1. The molecular weight excluding hydrogens is 372 g/mol. The molecule has 0 bridgehead atoms. The fourth-order valence-electron chi connectivity index (χ4n) is 4.46. The van der Waals surface area contributed by atoms with Crippen LogP contribution in [0.2, 0.25) is 5.02 Å². The van der Waals surface area contributed by atoms with E-state index in [-0.39, 0.29) is 6.04 Å². The fourth-order valence-corrected chi connectivity index (χ4v) is 4.73. The van der Waals surface area contributed by atoms with Crippen molar-refractivity contribution >= 4 is 22.5 Å². The number of aromatic nitrogens is 2. The van der Waals surface area contributed by atoms with Gasteiger partial charge in [-0.1, -0.05) is 48.0 Å². The molecule has 1 saturated heterocycles. The maximum atomic E-state index is 11.6. The molecule has 0 saturated carbocycles. The summed E-state index contributed by atoms with van der Waals surface area (Å²) >= 11 is 6.48. The van der Waals surface area contributed by atoms with Gasteiger partial charge in [-0.2, -0.15) is 5.10 Å². The Morgan fingerprint density at radius 2 is 1.93 bits per heavy atom. The lowest BCUT2D eigenvalue weighted by atomic mass is 9.80.